The molecule has 1 aromatic rings. The van der Waals surface area contributed by atoms with E-state index in [1.54, 1.807) is 0 Å². The summed E-state index contributed by atoms with van der Waals surface area (Å²) in [7, 11) is 0. The summed E-state index contributed by atoms with van der Waals surface area (Å²) in [6.07, 6.45) is 1.45. The molecule has 86 valence electrons. The molecule has 1 N–H and O–H groups in total. The number of carboxylic acid groups (broad SMARTS) is 1. The van der Waals surface area contributed by atoms with Crippen LogP contribution in [0.5, 0.6) is 0 Å². The van der Waals surface area contributed by atoms with E-state index >= 15 is 0 Å². The van der Waals surface area contributed by atoms with Crippen LogP contribution in [-0.4, -0.2) is 11.1 Å². The highest BCUT2D eigenvalue weighted by Gasteiger charge is 2.17. The van der Waals surface area contributed by atoms with Crippen molar-refractivity contribution < 1.29 is 9.90 Å². The fourth-order valence-corrected chi connectivity index (χ4v) is 1.57. The van der Waals surface area contributed by atoms with Crippen LogP contribution in [0.15, 0.2) is 36.9 Å². The number of hydrogen-bond acceptors (Lipinski definition) is 1. The number of rotatable bonds is 3. The van der Waals surface area contributed by atoms with E-state index in [4.69, 9.17) is 5.11 Å². The zero-order valence-electron chi connectivity index (χ0n) is 10.0. The summed E-state index contributed by atoms with van der Waals surface area (Å²) in [6, 6.07) is 7.69. The molecule has 16 heavy (non-hydrogen) atoms. The molecule has 1 atom stereocenters. The van der Waals surface area contributed by atoms with Gasteiger partial charge < -0.3 is 5.11 Å². The van der Waals surface area contributed by atoms with Gasteiger partial charge in [-0.05, 0) is 16.5 Å². The highest BCUT2D eigenvalue weighted by atomic mass is 16.4. The first-order valence-corrected chi connectivity index (χ1v) is 5.32. The van der Waals surface area contributed by atoms with Gasteiger partial charge in [0.25, 0.3) is 0 Å². The Labute approximate surface area is 96.6 Å². The Morgan fingerprint density at radius 3 is 2.12 bits per heavy atom. The minimum absolute atomic E-state index is 0.0887. The highest BCUT2D eigenvalue weighted by Crippen LogP contribution is 2.25. The average molecular weight is 218 g/mol. The van der Waals surface area contributed by atoms with Crippen LogP contribution in [0.2, 0.25) is 0 Å². The van der Waals surface area contributed by atoms with Crippen LogP contribution in [0, 0.1) is 0 Å². The van der Waals surface area contributed by atoms with Gasteiger partial charge in [0.1, 0.15) is 0 Å². The Morgan fingerprint density at radius 2 is 1.81 bits per heavy atom. The van der Waals surface area contributed by atoms with Gasteiger partial charge in [0.05, 0.1) is 5.92 Å². The Balaban J connectivity index is 3.03. The topological polar surface area (TPSA) is 37.3 Å². The van der Waals surface area contributed by atoms with Crippen molar-refractivity contribution in [3.05, 3.63) is 48.0 Å². The van der Waals surface area contributed by atoms with Gasteiger partial charge in [-0.25, -0.2) is 0 Å². The van der Waals surface area contributed by atoms with Crippen molar-refractivity contribution in [2.75, 3.05) is 0 Å². The maximum absolute atomic E-state index is 10.9. The summed E-state index contributed by atoms with van der Waals surface area (Å²) in [6.45, 7) is 9.94. The first-order valence-electron chi connectivity index (χ1n) is 5.32. The van der Waals surface area contributed by atoms with E-state index < -0.39 is 11.9 Å². The largest absolute Gasteiger partial charge is 0.481 e. The molecule has 2 nitrogen and oxygen atoms in total. The normalized spacial score (nSPS) is 13.2. The molecule has 2 heteroatoms. The lowest BCUT2D eigenvalue weighted by atomic mass is 9.85. The molecule has 0 aromatic heterocycles. The summed E-state index contributed by atoms with van der Waals surface area (Å²) < 4.78 is 0. The Bertz CT molecular complexity index is 382. The third-order valence-electron chi connectivity index (χ3n) is 2.64. The fraction of sp³-hybridized carbons (Fsp3) is 0.357. The Hall–Kier alpha value is -1.57. The second-order valence-electron chi connectivity index (χ2n) is 4.92. The molecule has 0 heterocycles. The lowest BCUT2D eigenvalue weighted by molar-refractivity contribution is -0.137. The number of aliphatic carboxylic acids is 1. The van der Waals surface area contributed by atoms with E-state index in [1.807, 2.05) is 24.3 Å². The lowest BCUT2D eigenvalue weighted by Crippen LogP contribution is -2.12. The predicted molar refractivity (Wildman–Crippen MR) is 65.7 cm³/mol. The smallest absolute Gasteiger partial charge is 0.314 e. The molecular weight excluding hydrogens is 200 g/mol. The van der Waals surface area contributed by atoms with Gasteiger partial charge in [-0.3, -0.25) is 4.79 Å². The monoisotopic (exact) mass is 218 g/mol. The zero-order valence-corrected chi connectivity index (χ0v) is 10.0. The summed E-state index contributed by atoms with van der Waals surface area (Å²) in [5, 5.41) is 8.98. The van der Waals surface area contributed by atoms with Crippen LogP contribution >= 0.6 is 0 Å². The molecule has 0 bridgehead atoms. The lowest BCUT2D eigenvalue weighted by Gasteiger charge is -2.19. The van der Waals surface area contributed by atoms with Crippen molar-refractivity contribution in [2.24, 2.45) is 0 Å². The van der Waals surface area contributed by atoms with Gasteiger partial charge in [-0.1, -0.05) is 51.1 Å². The summed E-state index contributed by atoms with van der Waals surface area (Å²) in [5.41, 5.74) is 2.06. The minimum atomic E-state index is -0.862. The molecule has 0 aliphatic rings. The molecular formula is C14H18O2. The van der Waals surface area contributed by atoms with E-state index in [0.29, 0.717) is 0 Å². The van der Waals surface area contributed by atoms with E-state index in [-0.39, 0.29) is 5.41 Å². The predicted octanol–water partition coefficient (Wildman–Crippen LogP) is 3.34. The SMILES string of the molecule is C=CC(C(=O)O)c1ccc(C(C)(C)C)cc1. The number of carboxylic acids is 1. The average Bonchev–Trinajstić information content (AvgIpc) is 2.17. The van der Waals surface area contributed by atoms with Crippen molar-refractivity contribution in [1.82, 2.24) is 0 Å². The second kappa shape index (κ2) is 4.52. The molecule has 1 aromatic carbocycles. The van der Waals surface area contributed by atoms with Gasteiger partial charge in [0.2, 0.25) is 0 Å². The number of benzene rings is 1. The molecule has 0 aliphatic carbocycles. The molecule has 1 unspecified atom stereocenters. The van der Waals surface area contributed by atoms with Gasteiger partial charge in [0.15, 0.2) is 0 Å². The molecule has 0 aliphatic heterocycles. The van der Waals surface area contributed by atoms with Crippen LogP contribution in [0.3, 0.4) is 0 Å². The molecule has 1 rings (SSSR count). The van der Waals surface area contributed by atoms with Crippen LogP contribution in [0.25, 0.3) is 0 Å². The van der Waals surface area contributed by atoms with E-state index in [9.17, 15) is 4.79 Å². The number of carbonyl (C=O) groups is 1. The molecule has 0 amide bonds. The summed E-state index contributed by atoms with van der Waals surface area (Å²) in [4.78, 5) is 10.9. The van der Waals surface area contributed by atoms with Crippen LogP contribution in [0.1, 0.15) is 37.8 Å². The fourth-order valence-electron chi connectivity index (χ4n) is 1.57. The maximum Gasteiger partial charge on any atom is 0.314 e. The third-order valence-corrected chi connectivity index (χ3v) is 2.64. The molecule has 0 fully saturated rings. The first kappa shape index (κ1) is 12.5. The van der Waals surface area contributed by atoms with Crippen molar-refractivity contribution in [1.29, 1.82) is 0 Å². The quantitative estimate of drug-likeness (QED) is 0.790. The van der Waals surface area contributed by atoms with Crippen LogP contribution < -0.4 is 0 Å². The second-order valence-corrected chi connectivity index (χ2v) is 4.92. The van der Waals surface area contributed by atoms with E-state index in [0.717, 1.165) is 5.56 Å². The highest BCUT2D eigenvalue weighted by molar-refractivity contribution is 5.78. The first-order chi connectivity index (χ1) is 7.36. The van der Waals surface area contributed by atoms with Gasteiger partial charge >= 0.3 is 5.97 Å². The van der Waals surface area contributed by atoms with Crippen LogP contribution in [-0.2, 0) is 10.2 Å². The number of hydrogen-bond donors (Lipinski definition) is 1. The van der Waals surface area contributed by atoms with Crippen molar-refractivity contribution in [3.63, 3.8) is 0 Å². The molecule has 0 saturated heterocycles. The standard InChI is InChI=1S/C14H18O2/c1-5-12(13(15)16)10-6-8-11(9-7-10)14(2,3)4/h5-9,12H,1H2,2-4H3,(H,15,16). The molecule has 0 radical (unpaired) electrons. The minimum Gasteiger partial charge on any atom is -0.481 e. The third kappa shape index (κ3) is 2.72. The summed E-state index contributed by atoms with van der Waals surface area (Å²) in [5.74, 6) is -1.48. The van der Waals surface area contributed by atoms with Crippen molar-refractivity contribution in [3.8, 4) is 0 Å². The molecule has 0 spiro atoms. The summed E-state index contributed by atoms with van der Waals surface area (Å²) >= 11 is 0. The zero-order chi connectivity index (χ0) is 12.3. The van der Waals surface area contributed by atoms with E-state index in [1.165, 1.54) is 11.6 Å². The Morgan fingerprint density at radius 1 is 1.31 bits per heavy atom. The van der Waals surface area contributed by atoms with E-state index in [2.05, 4.69) is 27.4 Å². The van der Waals surface area contributed by atoms with Gasteiger partial charge in [-0.2, -0.15) is 0 Å². The van der Waals surface area contributed by atoms with Gasteiger partial charge in [0, 0.05) is 0 Å². The van der Waals surface area contributed by atoms with Gasteiger partial charge in [-0.15, -0.1) is 6.58 Å². The van der Waals surface area contributed by atoms with Crippen molar-refractivity contribution >= 4 is 5.97 Å². The van der Waals surface area contributed by atoms with Crippen LogP contribution in [0.4, 0.5) is 0 Å². The van der Waals surface area contributed by atoms with Crippen molar-refractivity contribution in [2.45, 2.75) is 32.1 Å². The Kier molecular flexibility index (Phi) is 3.53. The molecule has 0 saturated carbocycles. The maximum atomic E-state index is 10.9.